The van der Waals surface area contributed by atoms with Crippen molar-refractivity contribution in [1.82, 2.24) is 15.1 Å². The van der Waals surface area contributed by atoms with Crippen molar-refractivity contribution in [3.63, 3.8) is 0 Å². The summed E-state index contributed by atoms with van der Waals surface area (Å²) in [6, 6.07) is 3.83. The van der Waals surface area contributed by atoms with Crippen LogP contribution in [0.1, 0.15) is 18.1 Å². The van der Waals surface area contributed by atoms with E-state index in [2.05, 4.69) is 10.4 Å². The maximum Gasteiger partial charge on any atom is 0.129 e. The second-order valence-corrected chi connectivity index (χ2v) is 5.02. The molecule has 114 valence electrons. The Morgan fingerprint density at radius 1 is 1.33 bits per heavy atom. The van der Waals surface area contributed by atoms with Gasteiger partial charge in [0.05, 0.1) is 19.3 Å². The molecule has 1 unspecified atom stereocenters. The summed E-state index contributed by atoms with van der Waals surface area (Å²) in [5, 5.41) is 16.1. The fourth-order valence-electron chi connectivity index (χ4n) is 2.12. The molecular formula is C15H19F2N3O. The van der Waals surface area contributed by atoms with Gasteiger partial charge >= 0.3 is 0 Å². The summed E-state index contributed by atoms with van der Waals surface area (Å²) < 4.78 is 28.8. The first-order valence-corrected chi connectivity index (χ1v) is 6.88. The van der Waals surface area contributed by atoms with Gasteiger partial charge in [0.1, 0.15) is 11.6 Å². The number of hydrogen-bond donors (Lipinski definition) is 2. The molecule has 0 radical (unpaired) electrons. The largest absolute Gasteiger partial charge is 0.394 e. The van der Waals surface area contributed by atoms with E-state index in [0.29, 0.717) is 13.1 Å². The normalized spacial score (nSPS) is 12.6. The van der Waals surface area contributed by atoms with Gasteiger partial charge in [-0.3, -0.25) is 4.68 Å². The lowest BCUT2D eigenvalue weighted by Gasteiger charge is -2.14. The quantitative estimate of drug-likeness (QED) is 0.820. The van der Waals surface area contributed by atoms with Crippen LogP contribution in [-0.2, 0) is 19.5 Å². The van der Waals surface area contributed by atoms with Crippen molar-refractivity contribution in [2.24, 2.45) is 0 Å². The minimum absolute atomic E-state index is 0.0392. The number of nitrogens with zero attached hydrogens (tertiary/aromatic N) is 2. The molecule has 1 aromatic carbocycles. The highest BCUT2D eigenvalue weighted by Crippen LogP contribution is 2.14. The van der Waals surface area contributed by atoms with E-state index in [9.17, 15) is 8.78 Å². The average Bonchev–Trinajstić information content (AvgIpc) is 2.89. The van der Waals surface area contributed by atoms with Crippen molar-refractivity contribution in [1.29, 1.82) is 0 Å². The molecule has 0 spiro atoms. The van der Waals surface area contributed by atoms with Crippen molar-refractivity contribution >= 4 is 0 Å². The van der Waals surface area contributed by atoms with Gasteiger partial charge in [-0.1, -0.05) is 6.07 Å². The van der Waals surface area contributed by atoms with E-state index in [4.69, 9.17) is 5.11 Å². The van der Waals surface area contributed by atoms with Gasteiger partial charge in [-0.25, -0.2) is 8.78 Å². The molecule has 0 aliphatic heterocycles. The number of nitrogens with one attached hydrogen (secondary N) is 1. The van der Waals surface area contributed by atoms with Crippen molar-refractivity contribution in [3.8, 4) is 0 Å². The van der Waals surface area contributed by atoms with E-state index in [1.165, 1.54) is 18.2 Å². The first-order chi connectivity index (χ1) is 10.1. The lowest BCUT2D eigenvalue weighted by Crippen LogP contribution is -2.28. The van der Waals surface area contributed by atoms with Crippen LogP contribution in [0.15, 0.2) is 30.6 Å². The SMILES string of the molecule is CC(Cc1c(F)cccc1F)NCc1cnn(CCO)c1. The third kappa shape index (κ3) is 4.34. The molecule has 6 heteroatoms. The lowest BCUT2D eigenvalue weighted by atomic mass is 10.1. The van der Waals surface area contributed by atoms with Crippen LogP contribution < -0.4 is 5.32 Å². The Kier molecular flexibility index (Phi) is 5.41. The van der Waals surface area contributed by atoms with E-state index in [0.717, 1.165) is 5.56 Å². The van der Waals surface area contributed by atoms with Gasteiger partial charge in [-0.05, 0) is 25.5 Å². The van der Waals surface area contributed by atoms with Crippen LogP contribution >= 0.6 is 0 Å². The number of aliphatic hydroxyl groups excluding tert-OH is 1. The minimum atomic E-state index is -0.514. The van der Waals surface area contributed by atoms with Gasteiger partial charge in [0, 0.05) is 29.9 Å². The molecule has 0 aliphatic carbocycles. The summed E-state index contributed by atoms with van der Waals surface area (Å²) in [5.41, 5.74) is 1.07. The van der Waals surface area contributed by atoms with Crippen LogP contribution in [0.5, 0.6) is 0 Å². The number of aliphatic hydroxyl groups is 1. The topological polar surface area (TPSA) is 50.1 Å². The van der Waals surface area contributed by atoms with Crippen LogP contribution in [0, 0.1) is 11.6 Å². The predicted molar refractivity (Wildman–Crippen MR) is 75.7 cm³/mol. The van der Waals surface area contributed by atoms with E-state index < -0.39 is 11.6 Å². The molecule has 0 bridgehead atoms. The number of benzene rings is 1. The molecule has 0 aliphatic rings. The zero-order valence-electron chi connectivity index (χ0n) is 11.9. The minimum Gasteiger partial charge on any atom is -0.394 e. The smallest absolute Gasteiger partial charge is 0.129 e. The standard InChI is InChI=1S/C15H19F2N3O/c1-11(7-13-14(16)3-2-4-15(13)17)18-8-12-9-19-20(10-12)5-6-21/h2-4,9-11,18,21H,5-8H2,1H3. The Morgan fingerprint density at radius 2 is 2.05 bits per heavy atom. The molecule has 1 atom stereocenters. The number of rotatable bonds is 7. The van der Waals surface area contributed by atoms with E-state index in [1.54, 1.807) is 10.9 Å². The average molecular weight is 295 g/mol. The van der Waals surface area contributed by atoms with Crippen LogP contribution in [0.4, 0.5) is 8.78 Å². The molecule has 0 saturated heterocycles. The number of aromatic nitrogens is 2. The van der Waals surface area contributed by atoms with Gasteiger partial charge in [-0.15, -0.1) is 0 Å². The Morgan fingerprint density at radius 3 is 2.71 bits per heavy atom. The highest BCUT2D eigenvalue weighted by atomic mass is 19.1. The van der Waals surface area contributed by atoms with Crippen molar-refractivity contribution in [3.05, 3.63) is 53.4 Å². The van der Waals surface area contributed by atoms with Crippen molar-refractivity contribution in [2.75, 3.05) is 6.61 Å². The van der Waals surface area contributed by atoms with Crippen molar-refractivity contribution in [2.45, 2.75) is 32.5 Å². The molecule has 1 aromatic heterocycles. The first kappa shape index (κ1) is 15.6. The molecule has 2 rings (SSSR count). The lowest BCUT2D eigenvalue weighted by molar-refractivity contribution is 0.269. The van der Waals surface area contributed by atoms with E-state index in [1.807, 2.05) is 13.1 Å². The van der Waals surface area contributed by atoms with Crippen molar-refractivity contribution < 1.29 is 13.9 Å². The Bertz CT molecular complexity index is 566. The van der Waals surface area contributed by atoms with E-state index >= 15 is 0 Å². The van der Waals surface area contributed by atoms with Gasteiger partial charge in [-0.2, -0.15) is 5.10 Å². The monoisotopic (exact) mass is 295 g/mol. The summed E-state index contributed by atoms with van der Waals surface area (Å²) in [7, 11) is 0. The maximum absolute atomic E-state index is 13.6. The third-order valence-electron chi connectivity index (χ3n) is 3.24. The molecule has 0 amide bonds. The zero-order chi connectivity index (χ0) is 15.2. The molecule has 2 aromatic rings. The Balaban J connectivity index is 1.88. The molecule has 2 N–H and O–H groups in total. The molecule has 1 heterocycles. The first-order valence-electron chi connectivity index (χ1n) is 6.88. The third-order valence-corrected chi connectivity index (χ3v) is 3.24. The fourth-order valence-corrected chi connectivity index (χ4v) is 2.12. The number of hydrogen-bond acceptors (Lipinski definition) is 3. The van der Waals surface area contributed by atoms with Gasteiger partial charge in [0.15, 0.2) is 0 Å². The zero-order valence-corrected chi connectivity index (χ0v) is 11.9. The van der Waals surface area contributed by atoms with E-state index in [-0.39, 0.29) is 24.6 Å². The maximum atomic E-state index is 13.6. The molecular weight excluding hydrogens is 276 g/mol. The van der Waals surface area contributed by atoms with Crippen LogP contribution in [0.2, 0.25) is 0 Å². The molecule has 21 heavy (non-hydrogen) atoms. The van der Waals surface area contributed by atoms with Crippen LogP contribution in [0.3, 0.4) is 0 Å². The Labute approximate surface area is 122 Å². The highest BCUT2D eigenvalue weighted by Gasteiger charge is 2.12. The summed E-state index contributed by atoms with van der Waals surface area (Å²) in [6.45, 7) is 2.93. The van der Waals surface area contributed by atoms with Crippen LogP contribution in [-0.4, -0.2) is 27.5 Å². The van der Waals surface area contributed by atoms with Gasteiger partial charge < -0.3 is 10.4 Å². The summed E-state index contributed by atoms with van der Waals surface area (Å²) in [6.07, 6.45) is 3.82. The van der Waals surface area contributed by atoms with Gasteiger partial charge in [0.25, 0.3) is 0 Å². The fraction of sp³-hybridized carbons (Fsp3) is 0.400. The molecule has 0 fully saturated rings. The summed E-state index contributed by atoms with van der Waals surface area (Å²) in [4.78, 5) is 0. The second-order valence-electron chi connectivity index (χ2n) is 5.02. The molecule has 4 nitrogen and oxygen atoms in total. The Hall–Kier alpha value is -1.79. The summed E-state index contributed by atoms with van der Waals surface area (Å²) >= 11 is 0. The molecule has 0 saturated carbocycles. The predicted octanol–water partition coefficient (Wildman–Crippen LogP) is 1.87. The van der Waals surface area contributed by atoms with Gasteiger partial charge in [0.2, 0.25) is 0 Å². The number of halogens is 2. The highest BCUT2D eigenvalue weighted by molar-refractivity contribution is 5.20. The summed E-state index contributed by atoms with van der Waals surface area (Å²) in [5.74, 6) is -1.03. The van der Waals surface area contributed by atoms with Crippen LogP contribution in [0.25, 0.3) is 0 Å². The second kappa shape index (κ2) is 7.28.